The molecule has 2 heterocycles. The maximum absolute atomic E-state index is 11.6. The van der Waals surface area contributed by atoms with Gasteiger partial charge >= 0.3 is 5.97 Å². The number of aromatic nitrogens is 3. The Morgan fingerprint density at radius 1 is 1.47 bits per heavy atom. The molecule has 0 aliphatic rings. The Morgan fingerprint density at radius 2 is 2.21 bits per heavy atom. The number of halogens is 2. The number of rotatable bonds is 3. The standard InChI is InChI=1S/C11H10Cl2N4O2/c1-2-19-11(18)7-5-16-17(9(7)14)10-8(13)3-6(12)4-15-10/h3-5H,2,14H2,1H3. The summed E-state index contributed by atoms with van der Waals surface area (Å²) < 4.78 is 6.12. The molecule has 0 saturated carbocycles. The number of carbonyl (C=O) groups is 1. The van der Waals surface area contributed by atoms with Gasteiger partial charge in [0, 0.05) is 6.20 Å². The normalized spacial score (nSPS) is 10.5. The Kier molecular flexibility index (Phi) is 3.92. The highest BCUT2D eigenvalue weighted by atomic mass is 35.5. The molecule has 0 aliphatic heterocycles. The van der Waals surface area contributed by atoms with Crippen molar-refractivity contribution < 1.29 is 9.53 Å². The molecule has 0 bridgehead atoms. The van der Waals surface area contributed by atoms with Crippen molar-refractivity contribution in [1.29, 1.82) is 0 Å². The number of anilines is 1. The Balaban J connectivity index is 2.44. The quantitative estimate of drug-likeness (QED) is 0.880. The molecule has 0 saturated heterocycles. The summed E-state index contributed by atoms with van der Waals surface area (Å²) in [6, 6.07) is 1.51. The van der Waals surface area contributed by atoms with Gasteiger partial charge in [-0.15, -0.1) is 0 Å². The molecule has 100 valence electrons. The van der Waals surface area contributed by atoms with Gasteiger partial charge in [-0.05, 0) is 13.0 Å². The molecule has 0 unspecified atom stereocenters. The third-order valence-electron chi connectivity index (χ3n) is 2.29. The van der Waals surface area contributed by atoms with Crippen LogP contribution in [0.4, 0.5) is 5.82 Å². The average Bonchev–Trinajstić information content (AvgIpc) is 2.72. The number of ether oxygens (including phenoxy) is 1. The SMILES string of the molecule is CCOC(=O)c1cnn(-c2ncc(Cl)cc2Cl)c1N. The van der Waals surface area contributed by atoms with Crippen molar-refractivity contribution in [2.75, 3.05) is 12.3 Å². The van der Waals surface area contributed by atoms with E-state index in [-0.39, 0.29) is 23.0 Å². The third-order valence-corrected chi connectivity index (χ3v) is 2.78. The number of hydrogen-bond acceptors (Lipinski definition) is 5. The largest absolute Gasteiger partial charge is 0.462 e. The zero-order chi connectivity index (χ0) is 14.0. The monoisotopic (exact) mass is 300 g/mol. The number of esters is 1. The molecule has 0 fully saturated rings. The summed E-state index contributed by atoms with van der Waals surface area (Å²) in [6.07, 6.45) is 2.72. The molecule has 6 nitrogen and oxygen atoms in total. The number of hydrogen-bond donors (Lipinski definition) is 1. The molecule has 2 aromatic heterocycles. The van der Waals surface area contributed by atoms with Gasteiger partial charge < -0.3 is 10.5 Å². The summed E-state index contributed by atoms with van der Waals surface area (Å²) in [5, 5.41) is 4.65. The Bertz CT molecular complexity index is 627. The van der Waals surface area contributed by atoms with E-state index in [0.29, 0.717) is 10.8 Å². The highest BCUT2D eigenvalue weighted by molar-refractivity contribution is 6.35. The number of carbonyl (C=O) groups excluding carboxylic acids is 1. The molecule has 2 rings (SSSR count). The first-order valence-electron chi connectivity index (χ1n) is 5.36. The van der Waals surface area contributed by atoms with E-state index in [4.69, 9.17) is 33.7 Å². The Morgan fingerprint density at radius 3 is 2.84 bits per heavy atom. The molecule has 0 radical (unpaired) electrons. The lowest BCUT2D eigenvalue weighted by Crippen LogP contribution is -2.09. The van der Waals surface area contributed by atoms with E-state index in [1.807, 2.05) is 0 Å². The highest BCUT2D eigenvalue weighted by Gasteiger charge is 2.19. The van der Waals surface area contributed by atoms with Gasteiger partial charge in [-0.2, -0.15) is 9.78 Å². The van der Waals surface area contributed by atoms with Crippen LogP contribution in [0.3, 0.4) is 0 Å². The van der Waals surface area contributed by atoms with Crippen LogP contribution in [0.2, 0.25) is 10.0 Å². The first-order valence-corrected chi connectivity index (χ1v) is 6.12. The van der Waals surface area contributed by atoms with Crippen molar-refractivity contribution >= 4 is 35.0 Å². The average molecular weight is 301 g/mol. The number of nitrogens with zero attached hydrogens (tertiary/aromatic N) is 3. The minimum absolute atomic E-state index is 0.107. The smallest absolute Gasteiger partial charge is 0.343 e. The minimum atomic E-state index is -0.545. The maximum Gasteiger partial charge on any atom is 0.343 e. The number of nitrogen functional groups attached to an aromatic ring is 1. The van der Waals surface area contributed by atoms with Crippen LogP contribution in [-0.2, 0) is 4.74 Å². The summed E-state index contributed by atoms with van der Waals surface area (Å²) in [6.45, 7) is 1.96. The highest BCUT2D eigenvalue weighted by Crippen LogP contribution is 2.24. The van der Waals surface area contributed by atoms with E-state index >= 15 is 0 Å². The van der Waals surface area contributed by atoms with Crippen LogP contribution in [0, 0.1) is 0 Å². The molecule has 0 aliphatic carbocycles. The second kappa shape index (κ2) is 5.46. The van der Waals surface area contributed by atoms with Crippen LogP contribution in [0.25, 0.3) is 5.82 Å². The number of nitrogens with two attached hydrogens (primary N) is 1. The zero-order valence-corrected chi connectivity index (χ0v) is 11.4. The first kappa shape index (κ1) is 13.6. The lowest BCUT2D eigenvalue weighted by Gasteiger charge is -2.06. The lowest BCUT2D eigenvalue weighted by atomic mass is 10.3. The van der Waals surface area contributed by atoms with Crippen LogP contribution in [0.15, 0.2) is 18.5 Å². The molecule has 0 spiro atoms. The third kappa shape index (κ3) is 2.64. The van der Waals surface area contributed by atoms with E-state index < -0.39 is 5.97 Å². The first-order chi connectivity index (χ1) is 9.04. The molecular formula is C11H10Cl2N4O2. The van der Waals surface area contributed by atoms with Gasteiger partial charge in [0.25, 0.3) is 0 Å². The van der Waals surface area contributed by atoms with E-state index in [1.54, 1.807) is 6.92 Å². The van der Waals surface area contributed by atoms with Crippen LogP contribution in [0.5, 0.6) is 0 Å². The predicted molar refractivity (Wildman–Crippen MR) is 71.7 cm³/mol. The van der Waals surface area contributed by atoms with Gasteiger partial charge in [0.1, 0.15) is 11.4 Å². The van der Waals surface area contributed by atoms with Gasteiger partial charge in [0.15, 0.2) is 5.82 Å². The van der Waals surface area contributed by atoms with Gasteiger partial charge in [0.2, 0.25) is 0 Å². The molecular weight excluding hydrogens is 291 g/mol. The van der Waals surface area contributed by atoms with Crippen LogP contribution in [0.1, 0.15) is 17.3 Å². The molecule has 19 heavy (non-hydrogen) atoms. The van der Waals surface area contributed by atoms with Crippen LogP contribution in [-0.4, -0.2) is 27.3 Å². The predicted octanol–water partition coefficient (Wildman–Crippen LogP) is 2.33. The molecule has 0 aromatic carbocycles. The fraction of sp³-hybridized carbons (Fsp3) is 0.182. The van der Waals surface area contributed by atoms with Crippen molar-refractivity contribution in [3.8, 4) is 5.82 Å². The Hall–Kier alpha value is -1.79. The molecule has 0 amide bonds. The van der Waals surface area contributed by atoms with Crippen molar-refractivity contribution in [3.05, 3.63) is 34.1 Å². The van der Waals surface area contributed by atoms with Gasteiger partial charge in [-0.25, -0.2) is 9.78 Å². The number of pyridine rings is 1. The minimum Gasteiger partial charge on any atom is -0.462 e. The van der Waals surface area contributed by atoms with E-state index in [1.165, 1.54) is 23.1 Å². The van der Waals surface area contributed by atoms with Crippen LogP contribution >= 0.6 is 23.2 Å². The van der Waals surface area contributed by atoms with E-state index in [2.05, 4.69) is 10.1 Å². The van der Waals surface area contributed by atoms with Crippen molar-refractivity contribution in [1.82, 2.24) is 14.8 Å². The van der Waals surface area contributed by atoms with Gasteiger partial charge in [-0.1, -0.05) is 23.2 Å². The lowest BCUT2D eigenvalue weighted by molar-refractivity contribution is 0.0527. The second-order valence-electron chi connectivity index (χ2n) is 3.53. The fourth-order valence-corrected chi connectivity index (χ4v) is 1.92. The maximum atomic E-state index is 11.6. The van der Waals surface area contributed by atoms with E-state index in [0.717, 1.165) is 0 Å². The summed E-state index contributed by atoms with van der Waals surface area (Å²) >= 11 is 11.8. The van der Waals surface area contributed by atoms with Crippen molar-refractivity contribution in [2.24, 2.45) is 0 Å². The summed E-state index contributed by atoms with van der Waals surface area (Å²) in [5.41, 5.74) is 6.00. The van der Waals surface area contributed by atoms with Crippen LogP contribution < -0.4 is 5.73 Å². The van der Waals surface area contributed by atoms with Crippen molar-refractivity contribution in [2.45, 2.75) is 6.92 Å². The van der Waals surface area contributed by atoms with Gasteiger partial charge in [-0.3, -0.25) is 0 Å². The molecule has 8 heteroatoms. The van der Waals surface area contributed by atoms with E-state index in [9.17, 15) is 4.79 Å². The van der Waals surface area contributed by atoms with Gasteiger partial charge in [0.05, 0.1) is 22.8 Å². The molecule has 0 atom stereocenters. The fourth-order valence-electron chi connectivity index (χ4n) is 1.46. The second-order valence-corrected chi connectivity index (χ2v) is 4.38. The summed E-state index contributed by atoms with van der Waals surface area (Å²) in [4.78, 5) is 15.7. The topological polar surface area (TPSA) is 83.0 Å². The Labute approximate surface area is 119 Å². The summed E-state index contributed by atoms with van der Waals surface area (Å²) in [5.74, 6) is -0.148. The summed E-state index contributed by atoms with van der Waals surface area (Å²) in [7, 11) is 0. The molecule has 2 aromatic rings. The zero-order valence-electron chi connectivity index (χ0n) is 9.93. The molecule has 2 N–H and O–H groups in total. The van der Waals surface area contributed by atoms with Crippen molar-refractivity contribution in [3.63, 3.8) is 0 Å².